The first kappa shape index (κ1) is 16.2. The minimum Gasteiger partial charge on any atom is -0.381 e. The molecular weight excluding hydrogens is 252 g/mol. The fourth-order valence-corrected chi connectivity index (χ4v) is 3.87. The number of nitrogens with zero attached hydrogens (tertiary/aromatic N) is 1. The first-order valence-electron chi connectivity index (χ1n) is 8.05. The topological polar surface area (TPSA) is 33.7 Å². The number of nitrogens with one attached hydrogen (secondary N) is 1. The van der Waals surface area contributed by atoms with Crippen LogP contribution in [0.2, 0.25) is 0 Å². The summed E-state index contributed by atoms with van der Waals surface area (Å²) in [6.07, 6.45) is 1.19. The summed E-state index contributed by atoms with van der Waals surface area (Å²) in [5.74, 6) is 0.656. The zero-order chi connectivity index (χ0) is 14.8. The van der Waals surface area contributed by atoms with Crippen molar-refractivity contribution in [3.8, 4) is 0 Å². The monoisotopic (exact) mass is 284 g/mol. The van der Waals surface area contributed by atoms with Crippen LogP contribution in [0.3, 0.4) is 0 Å². The second-order valence-electron chi connectivity index (χ2n) is 7.58. The summed E-state index contributed by atoms with van der Waals surface area (Å²) in [6.45, 7) is 16.9. The molecule has 0 spiro atoms. The Kier molecular flexibility index (Phi) is 5.11. The minimum absolute atomic E-state index is 0.0648. The lowest BCUT2D eigenvalue weighted by Crippen LogP contribution is -2.60. The molecule has 0 amide bonds. The van der Waals surface area contributed by atoms with Gasteiger partial charge in [-0.3, -0.25) is 4.90 Å². The van der Waals surface area contributed by atoms with Crippen LogP contribution in [0.4, 0.5) is 0 Å². The predicted octanol–water partition coefficient (Wildman–Crippen LogP) is 1.89. The molecule has 2 fully saturated rings. The van der Waals surface area contributed by atoms with Crippen LogP contribution in [0.25, 0.3) is 0 Å². The van der Waals surface area contributed by atoms with Crippen molar-refractivity contribution in [3.05, 3.63) is 0 Å². The van der Waals surface area contributed by atoms with E-state index >= 15 is 0 Å². The Morgan fingerprint density at radius 1 is 1.20 bits per heavy atom. The highest BCUT2D eigenvalue weighted by atomic mass is 16.5. The van der Waals surface area contributed by atoms with E-state index in [9.17, 15) is 0 Å². The van der Waals surface area contributed by atoms with Crippen molar-refractivity contribution in [3.63, 3.8) is 0 Å². The van der Waals surface area contributed by atoms with E-state index in [4.69, 9.17) is 9.47 Å². The van der Waals surface area contributed by atoms with Crippen molar-refractivity contribution in [1.29, 1.82) is 0 Å². The van der Waals surface area contributed by atoms with Crippen LogP contribution in [0.1, 0.15) is 41.0 Å². The van der Waals surface area contributed by atoms with E-state index in [-0.39, 0.29) is 11.2 Å². The van der Waals surface area contributed by atoms with Crippen LogP contribution in [0.5, 0.6) is 0 Å². The van der Waals surface area contributed by atoms with Gasteiger partial charge >= 0.3 is 0 Å². The smallest absolute Gasteiger partial charge is 0.0760 e. The Morgan fingerprint density at radius 3 is 2.35 bits per heavy atom. The van der Waals surface area contributed by atoms with Crippen LogP contribution in [0, 0.1) is 5.92 Å². The van der Waals surface area contributed by atoms with Crippen molar-refractivity contribution in [1.82, 2.24) is 10.2 Å². The van der Waals surface area contributed by atoms with E-state index < -0.39 is 0 Å². The Balaban J connectivity index is 1.98. The Bertz CT molecular complexity index is 296. The lowest BCUT2D eigenvalue weighted by Gasteiger charge is -2.48. The summed E-state index contributed by atoms with van der Waals surface area (Å²) in [5, 5.41) is 3.66. The maximum atomic E-state index is 6.17. The molecule has 2 aliphatic rings. The molecule has 0 aliphatic carbocycles. The number of hydrogen-bond acceptors (Lipinski definition) is 4. The minimum atomic E-state index is -0.0648. The van der Waals surface area contributed by atoms with Gasteiger partial charge in [0.15, 0.2) is 0 Å². The quantitative estimate of drug-likeness (QED) is 0.836. The van der Waals surface area contributed by atoms with E-state index in [1.54, 1.807) is 0 Å². The van der Waals surface area contributed by atoms with Gasteiger partial charge in [0.1, 0.15) is 0 Å². The van der Waals surface area contributed by atoms with E-state index in [2.05, 4.69) is 44.8 Å². The number of ether oxygens (including phenoxy) is 2. The van der Waals surface area contributed by atoms with Gasteiger partial charge in [0.25, 0.3) is 0 Å². The molecule has 0 bridgehead atoms. The van der Waals surface area contributed by atoms with Gasteiger partial charge in [-0.05, 0) is 40.7 Å². The number of hydrogen-bond donors (Lipinski definition) is 1. The summed E-state index contributed by atoms with van der Waals surface area (Å²) in [5.41, 5.74) is -0.130. The standard InChI is InChI=1S/C16H32N2O2/c1-6-17-14(13-7-8-19-10-13)9-18-11-15(2,3)20-16(4,5)12-18/h13-14,17H,6-12H2,1-5H3. The zero-order valence-electron chi connectivity index (χ0n) is 13.9. The van der Waals surface area contributed by atoms with Crippen molar-refractivity contribution >= 4 is 0 Å². The first-order valence-corrected chi connectivity index (χ1v) is 8.05. The molecule has 0 aromatic rings. The fourth-order valence-electron chi connectivity index (χ4n) is 3.87. The molecule has 0 radical (unpaired) electrons. The summed E-state index contributed by atoms with van der Waals surface area (Å²) in [6, 6.07) is 0.534. The molecule has 0 aromatic heterocycles. The van der Waals surface area contributed by atoms with Gasteiger partial charge in [0.05, 0.1) is 17.8 Å². The molecule has 20 heavy (non-hydrogen) atoms. The maximum Gasteiger partial charge on any atom is 0.0760 e. The Morgan fingerprint density at radius 2 is 1.85 bits per heavy atom. The molecule has 2 atom stereocenters. The van der Waals surface area contributed by atoms with Gasteiger partial charge in [-0.25, -0.2) is 0 Å². The second-order valence-corrected chi connectivity index (χ2v) is 7.58. The van der Waals surface area contributed by atoms with Crippen LogP contribution < -0.4 is 5.32 Å². The lowest BCUT2D eigenvalue weighted by atomic mass is 9.94. The van der Waals surface area contributed by atoms with E-state index in [1.807, 2.05) is 0 Å². The number of likely N-dealkylation sites (N-methyl/N-ethyl adjacent to an activating group) is 1. The molecule has 2 aliphatic heterocycles. The third kappa shape index (κ3) is 4.42. The van der Waals surface area contributed by atoms with E-state index in [1.165, 1.54) is 6.42 Å². The van der Waals surface area contributed by atoms with Crippen LogP contribution in [-0.4, -0.2) is 61.5 Å². The highest BCUT2D eigenvalue weighted by Crippen LogP contribution is 2.29. The van der Waals surface area contributed by atoms with Gasteiger partial charge in [0.2, 0.25) is 0 Å². The fraction of sp³-hybridized carbons (Fsp3) is 1.00. The molecule has 2 unspecified atom stereocenters. The Hall–Kier alpha value is -0.160. The maximum absolute atomic E-state index is 6.17. The van der Waals surface area contributed by atoms with Gasteiger partial charge in [-0.15, -0.1) is 0 Å². The summed E-state index contributed by atoms with van der Waals surface area (Å²) in [4.78, 5) is 2.56. The molecule has 4 heteroatoms. The summed E-state index contributed by atoms with van der Waals surface area (Å²) < 4.78 is 11.7. The Labute approximate surface area is 124 Å². The summed E-state index contributed by atoms with van der Waals surface area (Å²) in [7, 11) is 0. The second kappa shape index (κ2) is 6.30. The lowest BCUT2D eigenvalue weighted by molar-refractivity contribution is -0.181. The normalized spacial score (nSPS) is 31.4. The first-order chi connectivity index (χ1) is 9.31. The third-order valence-electron chi connectivity index (χ3n) is 4.22. The van der Waals surface area contributed by atoms with Gasteiger partial charge in [0, 0.05) is 38.2 Å². The number of rotatable bonds is 5. The highest BCUT2D eigenvalue weighted by molar-refractivity contribution is 4.92. The SMILES string of the molecule is CCNC(CN1CC(C)(C)OC(C)(C)C1)C1CCOC1. The molecule has 2 rings (SSSR count). The van der Waals surface area contributed by atoms with E-state index in [0.717, 1.165) is 39.4 Å². The average Bonchev–Trinajstić information content (AvgIpc) is 2.77. The molecule has 118 valence electrons. The largest absolute Gasteiger partial charge is 0.381 e. The molecule has 4 nitrogen and oxygen atoms in total. The molecule has 0 saturated carbocycles. The van der Waals surface area contributed by atoms with Crippen molar-refractivity contribution in [2.45, 2.75) is 58.3 Å². The molecule has 2 saturated heterocycles. The van der Waals surface area contributed by atoms with Crippen molar-refractivity contribution in [2.75, 3.05) is 39.4 Å². The highest BCUT2D eigenvalue weighted by Gasteiger charge is 2.39. The average molecular weight is 284 g/mol. The van der Waals surface area contributed by atoms with Gasteiger partial charge in [-0.1, -0.05) is 6.92 Å². The summed E-state index contributed by atoms with van der Waals surface area (Å²) >= 11 is 0. The third-order valence-corrected chi connectivity index (χ3v) is 4.22. The number of morpholine rings is 1. The molecular formula is C16H32N2O2. The van der Waals surface area contributed by atoms with Crippen LogP contribution in [0.15, 0.2) is 0 Å². The van der Waals surface area contributed by atoms with E-state index in [0.29, 0.717) is 12.0 Å². The van der Waals surface area contributed by atoms with Crippen molar-refractivity contribution < 1.29 is 9.47 Å². The molecule has 2 heterocycles. The van der Waals surface area contributed by atoms with Crippen LogP contribution >= 0.6 is 0 Å². The van der Waals surface area contributed by atoms with Crippen molar-refractivity contribution in [2.24, 2.45) is 5.92 Å². The van der Waals surface area contributed by atoms with Gasteiger partial charge in [-0.2, -0.15) is 0 Å². The van der Waals surface area contributed by atoms with Crippen LogP contribution in [-0.2, 0) is 9.47 Å². The predicted molar refractivity (Wildman–Crippen MR) is 82.1 cm³/mol. The molecule has 1 N–H and O–H groups in total. The molecule has 0 aromatic carbocycles. The zero-order valence-corrected chi connectivity index (χ0v) is 13.9. The van der Waals surface area contributed by atoms with Gasteiger partial charge < -0.3 is 14.8 Å².